The maximum absolute atomic E-state index is 12.7. The molecule has 9 heteroatoms. The van der Waals surface area contributed by atoms with Crippen LogP contribution in [0.1, 0.15) is 37.0 Å². The normalized spacial score (nSPS) is 23.4. The highest BCUT2D eigenvalue weighted by Gasteiger charge is 2.41. The van der Waals surface area contributed by atoms with Crippen molar-refractivity contribution in [1.82, 2.24) is 20.0 Å². The van der Waals surface area contributed by atoms with Crippen LogP contribution in [0.3, 0.4) is 0 Å². The smallest absolute Gasteiger partial charge is 0.356 e. The van der Waals surface area contributed by atoms with Crippen LogP contribution in [-0.2, 0) is 12.7 Å². The first kappa shape index (κ1) is 18.2. The Morgan fingerprint density at radius 2 is 1.85 bits per heavy atom. The lowest BCUT2D eigenvalue weighted by Crippen LogP contribution is -2.29. The Balaban J connectivity index is 1.34. The number of pyridine rings is 1. The highest BCUT2D eigenvalue weighted by Crippen LogP contribution is 2.35. The predicted molar refractivity (Wildman–Crippen MR) is 92.1 cm³/mol. The summed E-state index contributed by atoms with van der Waals surface area (Å²) in [5.41, 5.74) is -0.711. The van der Waals surface area contributed by atoms with Crippen molar-refractivity contribution >= 4 is 5.82 Å². The molecule has 2 aromatic heterocycles. The van der Waals surface area contributed by atoms with E-state index in [1.165, 1.54) is 6.07 Å². The third-order valence-corrected chi connectivity index (χ3v) is 5.32. The van der Waals surface area contributed by atoms with Gasteiger partial charge in [0.15, 0.2) is 5.82 Å². The number of alkyl halides is 3. The zero-order valence-corrected chi connectivity index (χ0v) is 15.3. The van der Waals surface area contributed by atoms with E-state index in [2.05, 4.69) is 24.9 Å². The van der Waals surface area contributed by atoms with E-state index in [1.807, 2.05) is 13.8 Å². The van der Waals surface area contributed by atoms with Gasteiger partial charge in [-0.1, -0.05) is 19.0 Å². The van der Waals surface area contributed by atoms with E-state index in [1.54, 1.807) is 0 Å². The summed E-state index contributed by atoms with van der Waals surface area (Å²) >= 11 is 0. The molecule has 0 aromatic carbocycles. The number of halogens is 3. The van der Waals surface area contributed by atoms with E-state index < -0.39 is 11.7 Å². The molecule has 4 heterocycles. The van der Waals surface area contributed by atoms with Gasteiger partial charge in [-0.15, -0.1) is 0 Å². The van der Waals surface area contributed by atoms with Gasteiger partial charge in [0.25, 0.3) is 0 Å². The predicted octanol–water partition coefficient (Wildman–Crippen LogP) is 3.18. The largest absolute Gasteiger partial charge is 0.417 e. The molecule has 0 N–H and O–H groups in total. The van der Waals surface area contributed by atoms with E-state index in [0.717, 1.165) is 44.3 Å². The van der Waals surface area contributed by atoms with Crippen LogP contribution in [0.2, 0.25) is 0 Å². The van der Waals surface area contributed by atoms with Gasteiger partial charge in [-0.25, -0.2) is 4.98 Å². The van der Waals surface area contributed by atoms with Crippen molar-refractivity contribution in [2.24, 2.45) is 11.8 Å². The fourth-order valence-electron chi connectivity index (χ4n) is 3.91. The molecular formula is C18H22F3N5O. The Bertz CT molecular complexity index is 775. The molecule has 0 spiro atoms. The van der Waals surface area contributed by atoms with Gasteiger partial charge in [-0.3, -0.25) is 4.90 Å². The van der Waals surface area contributed by atoms with Crippen LogP contribution < -0.4 is 4.90 Å². The Morgan fingerprint density at radius 1 is 1.15 bits per heavy atom. The van der Waals surface area contributed by atoms with Crippen molar-refractivity contribution in [2.45, 2.75) is 32.5 Å². The monoisotopic (exact) mass is 381 g/mol. The summed E-state index contributed by atoms with van der Waals surface area (Å²) in [6.07, 6.45) is -3.44. The van der Waals surface area contributed by atoms with Gasteiger partial charge in [-0.05, 0) is 24.0 Å². The molecule has 2 atom stereocenters. The second-order valence-corrected chi connectivity index (χ2v) is 7.72. The summed E-state index contributed by atoms with van der Waals surface area (Å²) in [6, 6.07) is 2.57. The Hall–Kier alpha value is -2.16. The quantitative estimate of drug-likeness (QED) is 0.811. The number of hydrogen-bond acceptors (Lipinski definition) is 6. The van der Waals surface area contributed by atoms with Crippen LogP contribution in [-0.4, -0.2) is 46.2 Å². The minimum absolute atomic E-state index is 0.241. The molecular weight excluding hydrogens is 359 g/mol. The molecule has 0 bridgehead atoms. The average Bonchev–Trinajstić information content (AvgIpc) is 3.29. The molecule has 2 aliphatic rings. The van der Waals surface area contributed by atoms with Crippen molar-refractivity contribution in [3.8, 4) is 0 Å². The molecule has 2 aromatic rings. The maximum Gasteiger partial charge on any atom is 0.417 e. The van der Waals surface area contributed by atoms with Crippen molar-refractivity contribution in [2.75, 3.05) is 31.1 Å². The lowest BCUT2D eigenvalue weighted by molar-refractivity contribution is -0.137. The van der Waals surface area contributed by atoms with Gasteiger partial charge in [0.2, 0.25) is 5.89 Å². The Morgan fingerprint density at radius 3 is 2.37 bits per heavy atom. The van der Waals surface area contributed by atoms with E-state index >= 15 is 0 Å². The molecule has 0 aliphatic carbocycles. The number of nitrogens with zero attached hydrogens (tertiary/aromatic N) is 5. The topological polar surface area (TPSA) is 58.3 Å². The van der Waals surface area contributed by atoms with Crippen LogP contribution in [0.15, 0.2) is 22.9 Å². The van der Waals surface area contributed by atoms with Gasteiger partial charge >= 0.3 is 6.18 Å². The minimum atomic E-state index is -4.35. The van der Waals surface area contributed by atoms with Gasteiger partial charge in [0, 0.05) is 38.3 Å². The lowest BCUT2D eigenvalue weighted by atomic mass is 10.0. The van der Waals surface area contributed by atoms with Gasteiger partial charge < -0.3 is 9.42 Å². The maximum atomic E-state index is 12.7. The first-order valence-corrected chi connectivity index (χ1v) is 9.12. The summed E-state index contributed by atoms with van der Waals surface area (Å²) in [6.45, 7) is 8.15. The van der Waals surface area contributed by atoms with Crippen LogP contribution >= 0.6 is 0 Å². The Kier molecular flexibility index (Phi) is 4.57. The standard InChI is InChI=1S/C18H22F3N5O/c1-11(2)17-23-16(27-24-17)10-25-6-12-8-26(9-13(12)7-25)15-4-3-14(5-22-15)18(19,20)21/h3-5,11-13H,6-10H2,1-2H3. The highest BCUT2D eigenvalue weighted by molar-refractivity contribution is 5.41. The van der Waals surface area contributed by atoms with E-state index in [9.17, 15) is 13.2 Å². The molecule has 0 radical (unpaired) electrons. The molecule has 4 rings (SSSR count). The highest BCUT2D eigenvalue weighted by atomic mass is 19.4. The second-order valence-electron chi connectivity index (χ2n) is 7.72. The van der Waals surface area contributed by atoms with Gasteiger partial charge in [0.1, 0.15) is 5.82 Å². The third-order valence-electron chi connectivity index (χ3n) is 5.32. The second kappa shape index (κ2) is 6.78. The molecule has 27 heavy (non-hydrogen) atoms. The average molecular weight is 381 g/mol. The minimum Gasteiger partial charge on any atom is -0.356 e. The van der Waals surface area contributed by atoms with Crippen molar-refractivity contribution in [1.29, 1.82) is 0 Å². The first-order chi connectivity index (χ1) is 12.8. The Labute approximate surface area is 155 Å². The van der Waals surface area contributed by atoms with Crippen molar-refractivity contribution < 1.29 is 17.7 Å². The number of hydrogen-bond donors (Lipinski definition) is 0. The number of rotatable bonds is 4. The summed E-state index contributed by atoms with van der Waals surface area (Å²) in [4.78, 5) is 12.8. The molecule has 6 nitrogen and oxygen atoms in total. The fourth-order valence-corrected chi connectivity index (χ4v) is 3.91. The van der Waals surface area contributed by atoms with Crippen LogP contribution in [0.4, 0.5) is 19.0 Å². The molecule has 2 aliphatic heterocycles. The zero-order valence-electron chi connectivity index (χ0n) is 15.3. The summed E-state index contributed by atoms with van der Waals surface area (Å²) in [5, 5.41) is 4.00. The van der Waals surface area contributed by atoms with E-state index in [-0.39, 0.29) is 5.92 Å². The number of likely N-dealkylation sites (tertiary alicyclic amines) is 1. The number of anilines is 1. The van der Waals surface area contributed by atoms with Crippen LogP contribution in [0.5, 0.6) is 0 Å². The van der Waals surface area contributed by atoms with Gasteiger partial charge in [0.05, 0.1) is 12.1 Å². The molecule has 0 saturated carbocycles. The molecule has 2 fully saturated rings. The van der Waals surface area contributed by atoms with Crippen molar-refractivity contribution in [3.05, 3.63) is 35.6 Å². The first-order valence-electron chi connectivity index (χ1n) is 9.12. The van der Waals surface area contributed by atoms with Crippen LogP contribution in [0.25, 0.3) is 0 Å². The van der Waals surface area contributed by atoms with Gasteiger partial charge in [-0.2, -0.15) is 18.2 Å². The summed E-state index contributed by atoms with van der Waals surface area (Å²) in [5.74, 6) is 3.17. The molecule has 0 amide bonds. The van der Waals surface area contributed by atoms with Crippen molar-refractivity contribution in [3.63, 3.8) is 0 Å². The van der Waals surface area contributed by atoms with E-state index in [4.69, 9.17) is 4.52 Å². The zero-order chi connectivity index (χ0) is 19.2. The molecule has 2 unspecified atom stereocenters. The lowest BCUT2D eigenvalue weighted by Gasteiger charge is -2.21. The third kappa shape index (κ3) is 3.78. The summed E-state index contributed by atoms with van der Waals surface area (Å²) in [7, 11) is 0. The van der Waals surface area contributed by atoms with Crippen LogP contribution in [0, 0.1) is 11.8 Å². The molecule has 146 valence electrons. The number of aromatic nitrogens is 3. The summed E-state index contributed by atoms with van der Waals surface area (Å²) < 4.78 is 43.4. The van der Waals surface area contributed by atoms with E-state index in [0.29, 0.717) is 30.1 Å². The fraction of sp³-hybridized carbons (Fsp3) is 0.611. The number of fused-ring (bicyclic) bond motifs is 1. The molecule has 2 saturated heterocycles. The SMILES string of the molecule is CC(C)c1noc(CN2CC3CN(c4ccc(C(F)(F)F)cn4)CC3C2)n1.